The zero-order valence-electron chi connectivity index (χ0n) is 4.97. The SMILES string of the molecule is CP(C)(=O)C[O-].[Li+]. The van der Waals surface area contributed by atoms with Crippen LogP contribution in [0.4, 0.5) is 0 Å². The minimum Gasteiger partial charge on any atom is -0.849 e. The predicted octanol–water partition coefficient (Wildman–Crippen LogP) is -3.07. The van der Waals surface area contributed by atoms with Crippen molar-refractivity contribution in [2.75, 3.05) is 19.7 Å². The summed E-state index contributed by atoms with van der Waals surface area (Å²) >= 11 is 0. The Hall–Kier alpha value is 0.787. The van der Waals surface area contributed by atoms with Crippen molar-refractivity contribution in [1.29, 1.82) is 0 Å². The Morgan fingerprint density at radius 1 is 1.57 bits per heavy atom. The van der Waals surface area contributed by atoms with Crippen LogP contribution in [0, 0.1) is 0 Å². The van der Waals surface area contributed by atoms with E-state index in [0.717, 1.165) is 0 Å². The monoisotopic (exact) mass is 114 g/mol. The molecule has 0 rings (SSSR count). The minimum atomic E-state index is -2.20. The van der Waals surface area contributed by atoms with Crippen molar-refractivity contribution < 1.29 is 28.5 Å². The summed E-state index contributed by atoms with van der Waals surface area (Å²) in [4.78, 5) is 0. The van der Waals surface area contributed by atoms with Crippen LogP contribution in [0.1, 0.15) is 0 Å². The molecule has 0 spiro atoms. The molecule has 7 heavy (non-hydrogen) atoms. The van der Waals surface area contributed by atoms with E-state index in [-0.39, 0.29) is 18.9 Å². The van der Waals surface area contributed by atoms with Crippen molar-refractivity contribution in [2.24, 2.45) is 0 Å². The fourth-order valence-electron chi connectivity index (χ4n) is 0. The van der Waals surface area contributed by atoms with Crippen molar-refractivity contribution in [3.8, 4) is 0 Å². The van der Waals surface area contributed by atoms with Gasteiger partial charge in [0.15, 0.2) is 0 Å². The van der Waals surface area contributed by atoms with Gasteiger partial charge in [-0.3, -0.25) is 0 Å². The molecule has 0 amide bonds. The summed E-state index contributed by atoms with van der Waals surface area (Å²) in [6.07, 6.45) is -0.424. The molecule has 0 aliphatic heterocycles. The number of rotatable bonds is 1. The van der Waals surface area contributed by atoms with Gasteiger partial charge in [0.05, 0.1) is 7.14 Å². The Kier molecular flexibility index (Phi) is 5.74. The van der Waals surface area contributed by atoms with E-state index >= 15 is 0 Å². The molecule has 0 aromatic rings. The van der Waals surface area contributed by atoms with Crippen LogP contribution in [-0.4, -0.2) is 19.7 Å². The van der Waals surface area contributed by atoms with Gasteiger partial charge in [0, 0.05) is 0 Å². The first-order valence-electron chi connectivity index (χ1n) is 1.68. The Morgan fingerprint density at radius 3 is 1.71 bits per heavy atom. The first kappa shape index (κ1) is 10.7. The van der Waals surface area contributed by atoms with E-state index in [1.807, 2.05) is 0 Å². The number of hydrogen-bond acceptors (Lipinski definition) is 2. The Bertz CT molecular complexity index is 77.0. The zero-order valence-corrected chi connectivity index (χ0v) is 5.87. The second-order valence-corrected chi connectivity index (χ2v) is 5.11. The molecule has 0 aromatic carbocycles. The van der Waals surface area contributed by atoms with Gasteiger partial charge in [-0.15, -0.1) is 0 Å². The molecule has 0 bridgehead atoms. The third-order valence-corrected chi connectivity index (χ3v) is 0.933. The summed E-state index contributed by atoms with van der Waals surface area (Å²) in [7, 11) is -2.20. The standard InChI is InChI=1S/C3H8O2P.Li/c1-6(2,5)3-4;/h3H2,1-2H3;/q-1;+1. The quantitative estimate of drug-likeness (QED) is 0.268. The van der Waals surface area contributed by atoms with Crippen LogP contribution in [0.3, 0.4) is 0 Å². The molecule has 0 heterocycles. The van der Waals surface area contributed by atoms with Crippen LogP contribution in [0.5, 0.6) is 0 Å². The van der Waals surface area contributed by atoms with E-state index in [4.69, 9.17) is 0 Å². The molecule has 38 valence electrons. The van der Waals surface area contributed by atoms with Crippen LogP contribution in [-0.2, 0) is 4.57 Å². The van der Waals surface area contributed by atoms with Gasteiger partial charge in [-0.25, -0.2) is 0 Å². The Balaban J connectivity index is 0. The molecule has 0 atom stereocenters. The Morgan fingerprint density at radius 2 is 1.71 bits per heavy atom. The number of hydrogen-bond donors (Lipinski definition) is 0. The maximum Gasteiger partial charge on any atom is 1.00 e. The topological polar surface area (TPSA) is 40.1 Å². The summed E-state index contributed by atoms with van der Waals surface area (Å²) < 4.78 is 10.3. The van der Waals surface area contributed by atoms with E-state index in [9.17, 15) is 9.67 Å². The first-order valence-corrected chi connectivity index (χ1v) is 4.47. The van der Waals surface area contributed by atoms with Gasteiger partial charge in [0.25, 0.3) is 0 Å². The summed E-state index contributed by atoms with van der Waals surface area (Å²) in [5.41, 5.74) is 0. The van der Waals surface area contributed by atoms with Crippen molar-refractivity contribution in [3.63, 3.8) is 0 Å². The molecule has 0 aliphatic rings. The van der Waals surface area contributed by atoms with E-state index in [1.54, 1.807) is 0 Å². The van der Waals surface area contributed by atoms with Crippen LogP contribution in [0.2, 0.25) is 0 Å². The van der Waals surface area contributed by atoms with E-state index in [1.165, 1.54) is 13.3 Å². The van der Waals surface area contributed by atoms with E-state index < -0.39 is 13.5 Å². The molecule has 0 saturated heterocycles. The van der Waals surface area contributed by atoms with Gasteiger partial charge in [-0.1, -0.05) is 6.35 Å². The van der Waals surface area contributed by atoms with Crippen molar-refractivity contribution >= 4 is 7.14 Å². The zero-order chi connectivity index (χ0) is 5.21. The van der Waals surface area contributed by atoms with Crippen LogP contribution < -0.4 is 24.0 Å². The van der Waals surface area contributed by atoms with Crippen LogP contribution in [0.15, 0.2) is 0 Å². The molecular weight excluding hydrogens is 106 g/mol. The molecule has 0 fully saturated rings. The third-order valence-electron chi connectivity index (χ3n) is 0.311. The smallest absolute Gasteiger partial charge is 0.849 e. The van der Waals surface area contributed by atoms with Gasteiger partial charge in [0.1, 0.15) is 0 Å². The summed E-state index contributed by atoms with van der Waals surface area (Å²) in [6.45, 7) is 2.97. The molecule has 0 aliphatic carbocycles. The third kappa shape index (κ3) is 10.8. The fourth-order valence-corrected chi connectivity index (χ4v) is 0. The summed E-state index contributed by atoms with van der Waals surface area (Å²) in [6, 6.07) is 0. The van der Waals surface area contributed by atoms with E-state index in [0.29, 0.717) is 0 Å². The Labute approximate surface area is 55.9 Å². The average molecular weight is 114 g/mol. The second-order valence-electron chi connectivity index (χ2n) is 1.70. The fraction of sp³-hybridized carbons (Fsp3) is 1.00. The maximum atomic E-state index is 10.3. The summed E-state index contributed by atoms with van der Waals surface area (Å²) in [5, 5.41) is 9.69. The first-order chi connectivity index (χ1) is 2.56. The van der Waals surface area contributed by atoms with Crippen LogP contribution >= 0.6 is 7.14 Å². The summed E-state index contributed by atoms with van der Waals surface area (Å²) in [5.74, 6) is 0. The van der Waals surface area contributed by atoms with Crippen LogP contribution in [0.25, 0.3) is 0 Å². The van der Waals surface area contributed by atoms with Crippen molar-refractivity contribution in [3.05, 3.63) is 0 Å². The molecule has 0 radical (unpaired) electrons. The molecule has 4 heteroatoms. The van der Waals surface area contributed by atoms with Gasteiger partial charge in [0.2, 0.25) is 0 Å². The molecule has 0 aromatic heterocycles. The van der Waals surface area contributed by atoms with Crippen molar-refractivity contribution in [1.82, 2.24) is 0 Å². The molecule has 0 N–H and O–H groups in total. The van der Waals surface area contributed by atoms with Gasteiger partial charge in [-0.05, 0) is 13.3 Å². The van der Waals surface area contributed by atoms with Gasteiger partial charge < -0.3 is 9.67 Å². The predicted molar refractivity (Wildman–Crippen MR) is 24.3 cm³/mol. The normalized spacial score (nSPS) is 10.1. The van der Waals surface area contributed by atoms with Crippen molar-refractivity contribution in [2.45, 2.75) is 0 Å². The molecule has 0 saturated carbocycles. The van der Waals surface area contributed by atoms with E-state index in [2.05, 4.69) is 0 Å². The molecule has 0 unspecified atom stereocenters. The van der Waals surface area contributed by atoms with Gasteiger partial charge >= 0.3 is 18.9 Å². The molecular formula is C3H8LiO2P. The minimum absolute atomic E-state index is 0. The van der Waals surface area contributed by atoms with Gasteiger partial charge in [-0.2, -0.15) is 0 Å². The second kappa shape index (κ2) is 3.75. The maximum absolute atomic E-state index is 10.3. The average Bonchev–Trinajstić information content (AvgIpc) is 1.35. The largest absolute Gasteiger partial charge is 1.00 e. The molecule has 2 nitrogen and oxygen atoms in total.